The van der Waals surface area contributed by atoms with E-state index in [0.717, 1.165) is 29.0 Å². The minimum atomic E-state index is -0.825. The number of benzene rings is 1. The Bertz CT molecular complexity index is 481. The van der Waals surface area contributed by atoms with Crippen LogP contribution in [0.4, 0.5) is 0 Å². The largest absolute Gasteiger partial charge is 0.542 e. The number of rotatable bonds is 4. The van der Waals surface area contributed by atoms with Crippen molar-refractivity contribution in [1.29, 1.82) is 5.41 Å². The summed E-state index contributed by atoms with van der Waals surface area (Å²) in [5, 5.41) is 7.82. The van der Waals surface area contributed by atoms with E-state index in [-0.39, 0.29) is 5.84 Å². The van der Waals surface area contributed by atoms with E-state index >= 15 is 0 Å². The van der Waals surface area contributed by atoms with E-state index in [0.29, 0.717) is 5.84 Å². The second kappa shape index (κ2) is 4.71. The van der Waals surface area contributed by atoms with Crippen molar-refractivity contribution in [3.63, 3.8) is 0 Å². The summed E-state index contributed by atoms with van der Waals surface area (Å²) in [6.07, 6.45) is 0. The number of nitrogens with zero attached hydrogens (tertiary/aromatic N) is 1. The lowest BCUT2D eigenvalue weighted by molar-refractivity contribution is 0.565. The summed E-state index contributed by atoms with van der Waals surface area (Å²) in [6, 6.07) is 7.79. The van der Waals surface area contributed by atoms with Gasteiger partial charge in [-0.05, 0) is 18.2 Å². The molecule has 1 heterocycles. The smallest absolute Gasteiger partial charge is 0.280 e. The summed E-state index contributed by atoms with van der Waals surface area (Å²) in [6.45, 7) is 4.27. The number of fused-ring (bicyclic) bond motifs is 1. The fourth-order valence-electron chi connectivity index (χ4n) is 1.86. The predicted octanol–water partition coefficient (Wildman–Crippen LogP) is 2.14. The maximum absolute atomic E-state index is 7.82. The van der Waals surface area contributed by atoms with Gasteiger partial charge in [-0.1, -0.05) is 26.0 Å². The van der Waals surface area contributed by atoms with E-state index in [1.165, 1.54) is 0 Å². The highest BCUT2D eigenvalue weighted by Gasteiger charge is 2.24. The highest BCUT2D eigenvalue weighted by Crippen LogP contribution is 2.28. The molecule has 0 spiro atoms. The quantitative estimate of drug-likeness (QED) is 0.799. The van der Waals surface area contributed by atoms with E-state index in [1.54, 1.807) is 0 Å². The van der Waals surface area contributed by atoms with Gasteiger partial charge in [0.2, 0.25) is 0 Å². The van der Waals surface area contributed by atoms with Crippen molar-refractivity contribution < 1.29 is 4.43 Å². The summed E-state index contributed by atoms with van der Waals surface area (Å²) >= 11 is 0. The van der Waals surface area contributed by atoms with Crippen LogP contribution in [0, 0.1) is 5.41 Å². The number of nitrogens with one attached hydrogen (secondary N) is 1. The standard InChI is InChI=1S/C12H16N3OSi/c1-3-17(4-2)16-9-7-5-6-8-10(9)12(14)15-11(8)13/h5-7H,3-4H2,1-2H3,(H3,13,14,15). The Balaban J connectivity index is 2.36. The molecular weight excluding hydrogens is 230 g/mol. The van der Waals surface area contributed by atoms with Crippen LogP contribution >= 0.6 is 0 Å². The van der Waals surface area contributed by atoms with E-state index in [4.69, 9.17) is 15.6 Å². The second-order valence-corrected chi connectivity index (χ2v) is 6.57. The van der Waals surface area contributed by atoms with Crippen LogP contribution in [0.25, 0.3) is 0 Å². The monoisotopic (exact) mass is 246 g/mol. The first-order valence-corrected chi connectivity index (χ1v) is 7.58. The Morgan fingerprint density at radius 1 is 1.35 bits per heavy atom. The van der Waals surface area contributed by atoms with Gasteiger partial charge in [0.1, 0.15) is 11.6 Å². The molecule has 2 rings (SSSR count). The average Bonchev–Trinajstić information content (AvgIpc) is 2.63. The molecule has 0 unspecified atom stereocenters. The Morgan fingerprint density at radius 2 is 2.06 bits per heavy atom. The normalized spacial score (nSPS) is 13.8. The first kappa shape index (κ1) is 11.9. The lowest BCUT2D eigenvalue weighted by Crippen LogP contribution is -2.20. The number of amidine groups is 2. The van der Waals surface area contributed by atoms with Crippen molar-refractivity contribution in [3.05, 3.63) is 29.3 Å². The molecule has 89 valence electrons. The molecule has 0 atom stereocenters. The van der Waals surface area contributed by atoms with E-state index in [1.807, 2.05) is 18.2 Å². The van der Waals surface area contributed by atoms with Crippen LogP contribution < -0.4 is 10.2 Å². The van der Waals surface area contributed by atoms with Crippen LogP contribution in [-0.4, -0.2) is 20.7 Å². The lowest BCUT2D eigenvalue weighted by Gasteiger charge is -2.16. The van der Waals surface area contributed by atoms with Gasteiger partial charge in [-0.25, -0.2) is 4.99 Å². The SMILES string of the molecule is CC[Si](CC)Oc1cccc2c1C(=N)N=C2N. The highest BCUT2D eigenvalue weighted by atomic mass is 28.3. The molecule has 0 aliphatic carbocycles. The second-order valence-electron chi connectivity index (χ2n) is 3.87. The van der Waals surface area contributed by atoms with Gasteiger partial charge in [-0.3, -0.25) is 5.41 Å². The molecule has 1 radical (unpaired) electrons. The maximum atomic E-state index is 7.82. The van der Waals surface area contributed by atoms with Crippen LogP contribution in [0.15, 0.2) is 23.2 Å². The highest BCUT2D eigenvalue weighted by molar-refractivity contribution is 6.52. The van der Waals surface area contributed by atoms with Crippen LogP contribution in [-0.2, 0) is 0 Å². The molecular formula is C12H16N3OSi. The van der Waals surface area contributed by atoms with E-state index in [9.17, 15) is 0 Å². The van der Waals surface area contributed by atoms with Crippen molar-refractivity contribution in [2.24, 2.45) is 10.7 Å². The predicted molar refractivity (Wildman–Crippen MR) is 71.3 cm³/mol. The number of nitrogens with two attached hydrogens (primary N) is 1. The number of hydrogen-bond acceptors (Lipinski definition) is 3. The minimum Gasteiger partial charge on any atom is -0.542 e. The molecule has 17 heavy (non-hydrogen) atoms. The first-order valence-electron chi connectivity index (χ1n) is 5.76. The topological polar surface area (TPSA) is 71.5 Å². The molecule has 0 saturated heterocycles. The van der Waals surface area contributed by atoms with Crippen LogP contribution in [0.3, 0.4) is 0 Å². The van der Waals surface area contributed by atoms with Gasteiger partial charge in [0.25, 0.3) is 9.04 Å². The Labute approximate surface area is 103 Å². The zero-order valence-electron chi connectivity index (χ0n) is 10.1. The minimum absolute atomic E-state index is 0.210. The molecule has 1 aliphatic rings. The summed E-state index contributed by atoms with van der Waals surface area (Å²) in [5.74, 6) is 1.38. The summed E-state index contributed by atoms with van der Waals surface area (Å²) in [5.41, 5.74) is 7.33. The van der Waals surface area contributed by atoms with E-state index in [2.05, 4.69) is 18.8 Å². The van der Waals surface area contributed by atoms with Crippen molar-refractivity contribution in [3.8, 4) is 5.75 Å². The summed E-state index contributed by atoms with van der Waals surface area (Å²) < 4.78 is 6.01. The number of aliphatic imine (C=N–C) groups is 1. The molecule has 0 aromatic heterocycles. The molecule has 1 aromatic carbocycles. The van der Waals surface area contributed by atoms with E-state index < -0.39 is 9.04 Å². The Morgan fingerprint density at radius 3 is 2.71 bits per heavy atom. The lowest BCUT2D eigenvalue weighted by atomic mass is 10.1. The summed E-state index contributed by atoms with van der Waals surface area (Å²) in [7, 11) is -0.825. The molecule has 1 aromatic rings. The molecule has 4 nitrogen and oxygen atoms in total. The van der Waals surface area contributed by atoms with Crippen LogP contribution in [0.2, 0.25) is 12.1 Å². The summed E-state index contributed by atoms with van der Waals surface area (Å²) in [4.78, 5) is 3.99. The van der Waals surface area contributed by atoms with Gasteiger partial charge < -0.3 is 10.2 Å². The fourth-order valence-corrected chi connectivity index (χ4v) is 3.13. The van der Waals surface area contributed by atoms with Crippen molar-refractivity contribution in [2.45, 2.75) is 25.9 Å². The zero-order valence-corrected chi connectivity index (χ0v) is 11.1. The molecule has 0 amide bonds. The van der Waals surface area contributed by atoms with Gasteiger partial charge in [0.05, 0.1) is 5.56 Å². The third kappa shape index (κ3) is 2.10. The van der Waals surface area contributed by atoms with Gasteiger partial charge in [0.15, 0.2) is 5.84 Å². The van der Waals surface area contributed by atoms with Crippen molar-refractivity contribution >= 4 is 20.7 Å². The molecule has 0 fully saturated rings. The fraction of sp³-hybridized carbons (Fsp3) is 0.333. The third-order valence-corrected chi connectivity index (χ3v) is 4.90. The van der Waals surface area contributed by atoms with Gasteiger partial charge in [-0.15, -0.1) is 0 Å². The Kier molecular flexibility index (Phi) is 3.28. The maximum Gasteiger partial charge on any atom is 0.280 e. The number of hydrogen-bond donors (Lipinski definition) is 2. The zero-order chi connectivity index (χ0) is 12.4. The Hall–Kier alpha value is -1.62. The van der Waals surface area contributed by atoms with Gasteiger partial charge >= 0.3 is 0 Å². The van der Waals surface area contributed by atoms with Gasteiger partial charge in [-0.2, -0.15) is 0 Å². The molecule has 3 N–H and O–H groups in total. The van der Waals surface area contributed by atoms with Crippen molar-refractivity contribution in [2.75, 3.05) is 0 Å². The van der Waals surface area contributed by atoms with Crippen LogP contribution in [0.1, 0.15) is 25.0 Å². The van der Waals surface area contributed by atoms with Gasteiger partial charge in [0, 0.05) is 5.56 Å². The third-order valence-electron chi connectivity index (χ3n) is 2.81. The molecule has 0 saturated carbocycles. The van der Waals surface area contributed by atoms with Crippen molar-refractivity contribution in [1.82, 2.24) is 0 Å². The molecule has 0 bridgehead atoms. The van der Waals surface area contributed by atoms with Crippen LogP contribution in [0.5, 0.6) is 5.75 Å². The molecule has 5 heteroatoms. The molecule has 1 aliphatic heterocycles. The first-order chi connectivity index (χ1) is 8.17. The average molecular weight is 246 g/mol.